The van der Waals surface area contributed by atoms with E-state index in [1.165, 1.54) is 17.8 Å². The topological polar surface area (TPSA) is 117 Å². The maximum atomic E-state index is 12.9. The van der Waals surface area contributed by atoms with E-state index in [9.17, 15) is 18.0 Å². The van der Waals surface area contributed by atoms with Crippen LogP contribution in [0.5, 0.6) is 0 Å². The van der Waals surface area contributed by atoms with Crippen LogP contribution in [0, 0.1) is 0 Å². The van der Waals surface area contributed by atoms with Crippen molar-refractivity contribution in [1.82, 2.24) is 14.9 Å². The number of dihydropyridines is 1. The van der Waals surface area contributed by atoms with Gasteiger partial charge in [0.1, 0.15) is 0 Å². The van der Waals surface area contributed by atoms with E-state index in [0.717, 1.165) is 6.26 Å². The van der Waals surface area contributed by atoms with Crippen LogP contribution in [0.15, 0.2) is 33.9 Å². The van der Waals surface area contributed by atoms with Crippen LogP contribution in [-0.2, 0) is 35.9 Å². The van der Waals surface area contributed by atoms with E-state index in [4.69, 9.17) is 9.47 Å². The zero-order valence-corrected chi connectivity index (χ0v) is 19.1. The third-order valence-corrected chi connectivity index (χ3v) is 5.73. The summed E-state index contributed by atoms with van der Waals surface area (Å²) in [5.74, 6) is -2.04. The standard InChI is InChI=1S/C20H29N3O6S/c1-7-9-28-18(24)15-12(3)22-13(4)16(19(25)29-10-8-2)17(15)14-11-21-20(23(14)5)30(6,26)27/h11,17,22H,7-10H2,1-6H3. The highest BCUT2D eigenvalue weighted by atomic mass is 32.2. The van der Waals surface area contributed by atoms with Gasteiger partial charge in [0.15, 0.2) is 0 Å². The number of ether oxygens (including phenoxy) is 2. The van der Waals surface area contributed by atoms with E-state index in [1.807, 2.05) is 13.8 Å². The summed E-state index contributed by atoms with van der Waals surface area (Å²) >= 11 is 0. The largest absolute Gasteiger partial charge is 0.462 e. The summed E-state index contributed by atoms with van der Waals surface area (Å²) in [5, 5.41) is 2.90. The number of imidazole rings is 1. The first-order valence-electron chi connectivity index (χ1n) is 9.78. The number of nitrogens with zero attached hydrogens (tertiary/aromatic N) is 2. The van der Waals surface area contributed by atoms with Crippen molar-refractivity contribution in [3.63, 3.8) is 0 Å². The van der Waals surface area contributed by atoms with Crippen LogP contribution < -0.4 is 5.32 Å². The van der Waals surface area contributed by atoms with Gasteiger partial charge in [-0.2, -0.15) is 0 Å². The quantitative estimate of drug-likeness (QED) is 0.611. The summed E-state index contributed by atoms with van der Waals surface area (Å²) in [6.07, 6.45) is 3.70. The fourth-order valence-electron chi connectivity index (χ4n) is 3.39. The monoisotopic (exact) mass is 439 g/mol. The van der Waals surface area contributed by atoms with Crippen LogP contribution >= 0.6 is 0 Å². The molecule has 1 aromatic heterocycles. The first kappa shape index (κ1) is 23.7. The van der Waals surface area contributed by atoms with Gasteiger partial charge in [0.2, 0.25) is 15.0 Å². The average molecular weight is 440 g/mol. The second-order valence-corrected chi connectivity index (χ2v) is 9.11. The molecule has 1 N–H and O–H groups in total. The summed E-state index contributed by atoms with van der Waals surface area (Å²) < 4.78 is 36.3. The third-order valence-electron chi connectivity index (χ3n) is 4.68. The second kappa shape index (κ2) is 9.46. The Labute approximate surface area is 177 Å². The minimum absolute atomic E-state index is 0.158. The molecule has 9 nitrogen and oxygen atoms in total. The van der Waals surface area contributed by atoms with E-state index in [1.54, 1.807) is 13.8 Å². The number of nitrogens with one attached hydrogen (secondary N) is 1. The number of rotatable bonds is 8. The number of hydrogen-bond donors (Lipinski definition) is 1. The number of allylic oxidation sites excluding steroid dienone is 2. The molecular formula is C20H29N3O6S. The predicted octanol–water partition coefficient (Wildman–Crippen LogP) is 1.96. The lowest BCUT2D eigenvalue weighted by molar-refractivity contribution is -0.140. The maximum Gasteiger partial charge on any atom is 0.336 e. The van der Waals surface area contributed by atoms with Crippen molar-refractivity contribution >= 4 is 21.8 Å². The number of sulfone groups is 1. The SMILES string of the molecule is CCCOC(=O)C1=C(C)NC(C)=C(C(=O)OCCC)C1c1cnc(S(C)(=O)=O)n1C. The van der Waals surface area contributed by atoms with Gasteiger partial charge >= 0.3 is 11.9 Å². The molecule has 0 amide bonds. The Balaban J connectivity index is 2.69. The number of hydrogen-bond acceptors (Lipinski definition) is 8. The Hall–Kier alpha value is -2.62. The number of esters is 2. The van der Waals surface area contributed by atoms with E-state index in [-0.39, 0.29) is 29.5 Å². The van der Waals surface area contributed by atoms with Crippen molar-refractivity contribution in [2.24, 2.45) is 7.05 Å². The molecule has 1 aliphatic rings. The van der Waals surface area contributed by atoms with Gasteiger partial charge in [-0.3, -0.25) is 0 Å². The summed E-state index contributed by atoms with van der Waals surface area (Å²) in [4.78, 5) is 29.9. The van der Waals surface area contributed by atoms with Crippen LogP contribution in [-0.4, -0.2) is 49.4 Å². The molecule has 0 radical (unpaired) electrons. The Morgan fingerprint density at radius 1 is 1.07 bits per heavy atom. The van der Waals surface area contributed by atoms with Crippen molar-refractivity contribution in [3.8, 4) is 0 Å². The van der Waals surface area contributed by atoms with Gasteiger partial charge in [-0.15, -0.1) is 0 Å². The number of carbonyl (C=O) groups is 2. The lowest BCUT2D eigenvalue weighted by Crippen LogP contribution is -2.33. The second-order valence-electron chi connectivity index (χ2n) is 7.20. The summed E-state index contributed by atoms with van der Waals surface area (Å²) in [6, 6.07) is 0. The molecule has 0 aliphatic carbocycles. The van der Waals surface area contributed by atoms with Crippen molar-refractivity contribution in [2.75, 3.05) is 19.5 Å². The molecule has 166 valence electrons. The van der Waals surface area contributed by atoms with Crippen LogP contribution in [0.25, 0.3) is 0 Å². The van der Waals surface area contributed by atoms with E-state index < -0.39 is 27.7 Å². The van der Waals surface area contributed by atoms with E-state index in [0.29, 0.717) is 29.9 Å². The molecular weight excluding hydrogens is 410 g/mol. The van der Waals surface area contributed by atoms with Crippen LogP contribution in [0.2, 0.25) is 0 Å². The Morgan fingerprint density at radius 2 is 1.53 bits per heavy atom. The molecule has 0 atom stereocenters. The molecule has 0 saturated heterocycles. The molecule has 10 heteroatoms. The van der Waals surface area contributed by atoms with Gasteiger partial charge in [-0.05, 0) is 26.7 Å². The predicted molar refractivity (Wildman–Crippen MR) is 110 cm³/mol. The Morgan fingerprint density at radius 3 is 1.90 bits per heavy atom. The fourth-order valence-corrected chi connectivity index (χ4v) is 4.24. The lowest BCUT2D eigenvalue weighted by Gasteiger charge is -2.30. The smallest absolute Gasteiger partial charge is 0.336 e. The maximum absolute atomic E-state index is 12.9. The summed E-state index contributed by atoms with van der Waals surface area (Å²) in [7, 11) is -2.07. The van der Waals surface area contributed by atoms with Crippen molar-refractivity contribution in [2.45, 2.75) is 51.6 Å². The normalized spacial score (nSPS) is 15.3. The molecule has 0 saturated carbocycles. The van der Waals surface area contributed by atoms with Gasteiger partial charge in [0.05, 0.1) is 42.2 Å². The van der Waals surface area contributed by atoms with Crippen molar-refractivity contribution < 1.29 is 27.5 Å². The summed E-state index contributed by atoms with van der Waals surface area (Å²) in [5.41, 5.74) is 1.86. The van der Waals surface area contributed by atoms with Gasteiger partial charge in [-0.1, -0.05) is 13.8 Å². The molecule has 1 aromatic rings. The summed E-state index contributed by atoms with van der Waals surface area (Å²) in [6.45, 7) is 7.62. The highest BCUT2D eigenvalue weighted by Crippen LogP contribution is 2.39. The lowest BCUT2D eigenvalue weighted by atomic mass is 9.83. The molecule has 30 heavy (non-hydrogen) atoms. The van der Waals surface area contributed by atoms with Gasteiger partial charge in [0, 0.05) is 24.7 Å². The van der Waals surface area contributed by atoms with Crippen LogP contribution in [0.1, 0.15) is 52.1 Å². The third kappa shape index (κ3) is 4.75. The van der Waals surface area contributed by atoms with Crippen LogP contribution in [0.4, 0.5) is 0 Å². The number of carbonyl (C=O) groups excluding carboxylic acids is 2. The molecule has 0 fully saturated rings. The minimum Gasteiger partial charge on any atom is -0.462 e. The molecule has 0 bridgehead atoms. The Bertz CT molecular complexity index is 962. The molecule has 0 aromatic carbocycles. The van der Waals surface area contributed by atoms with Crippen molar-refractivity contribution in [3.05, 3.63) is 34.4 Å². The minimum atomic E-state index is -3.61. The molecule has 0 unspecified atom stereocenters. The highest BCUT2D eigenvalue weighted by molar-refractivity contribution is 7.90. The fraction of sp³-hybridized carbons (Fsp3) is 0.550. The first-order valence-corrected chi connectivity index (χ1v) is 11.7. The van der Waals surface area contributed by atoms with Crippen molar-refractivity contribution in [1.29, 1.82) is 0 Å². The zero-order chi connectivity index (χ0) is 22.6. The van der Waals surface area contributed by atoms with Gasteiger partial charge in [0.25, 0.3) is 0 Å². The molecule has 0 spiro atoms. The van der Waals surface area contributed by atoms with E-state index >= 15 is 0 Å². The number of aromatic nitrogens is 2. The van der Waals surface area contributed by atoms with Gasteiger partial charge < -0.3 is 19.4 Å². The Kier molecular flexibility index (Phi) is 7.46. The molecule has 2 rings (SSSR count). The van der Waals surface area contributed by atoms with Crippen LogP contribution in [0.3, 0.4) is 0 Å². The van der Waals surface area contributed by atoms with Gasteiger partial charge in [-0.25, -0.2) is 23.0 Å². The highest BCUT2D eigenvalue weighted by Gasteiger charge is 2.40. The first-order chi connectivity index (χ1) is 14.0. The van der Waals surface area contributed by atoms with E-state index in [2.05, 4.69) is 10.3 Å². The average Bonchev–Trinajstić information content (AvgIpc) is 3.05. The zero-order valence-electron chi connectivity index (χ0n) is 18.2. The molecule has 2 heterocycles. The molecule has 1 aliphatic heterocycles.